The summed E-state index contributed by atoms with van der Waals surface area (Å²) in [7, 11) is -5.06. The Balaban J connectivity index is 0.00000289. The number of benzene rings is 1. The molecule has 166 valence electrons. The molecule has 5 amide bonds. The van der Waals surface area contributed by atoms with Gasteiger partial charge in [-0.2, -0.15) is 12.7 Å². The second kappa shape index (κ2) is 8.96. The van der Waals surface area contributed by atoms with Crippen molar-refractivity contribution in [2.75, 3.05) is 18.0 Å². The van der Waals surface area contributed by atoms with Crippen molar-refractivity contribution in [3.8, 4) is 0 Å². The summed E-state index contributed by atoms with van der Waals surface area (Å²) in [5, 5.41) is 5.77. The number of esters is 1. The van der Waals surface area contributed by atoms with Crippen LogP contribution in [0.3, 0.4) is 0 Å². The molecule has 12 nitrogen and oxygen atoms in total. The average Bonchev–Trinajstić information content (AvgIpc) is 3.29. The van der Waals surface area contributed by atoms with E-state index in [0.717, 1.165) is 33.4 Å². The Hall–Kier alpha value is -2.23. The molecule has 0 saturated carbocycles. The molecule has 0 unspecified atom stereocenters. The third-order valence-electron chi connectivity index (χ3n) is 4.79. The molecule has 2 aliphatic heterocycles. The molecule has 0 aliphatic carbocycles. The van der Waals surface area contributed by atoms with E-state index in [1.165, 1.54) is 0 Å². The van der Waals surface area contributed by atoms with Crippen LogP contribution in [0.4, 0.5) is 14.6 Å². The van der Waals surface area contributed by atoms with E-state index < -0.39 is 46.5 Å². The van der Waals surface area contributed by atoms with E-state index in [1.807, 2.05) is 0 Å². The maximum atomic E-state index is 13.3. The second-order valence-electron chi connectivity index (χ2n) is 6.72. The van der Waals surface area contributed by atoms with Crippen molar-refractivity contribution in [2.24, 2.45) is 0 Å². The van der Waals surface area contributed by atoms with E-state index in [1.54, 1.807) is 29.6 Å². The van der Waals surface area contributed by atoms with Gasteiger partial charge in [-0.3, -0.25) is 19.0 Å². The summed E-state index contributed by atoms with van der Waals surface area (Å²) in [6.07, 6.45) is -1.80. The predicted molar refractivity (Wildman–Crippen MR) is 115 cm³/mol. The van der Waals surface area contributed by atoms with Gasteiger partial charge in [-0.1, -0.05) is 24.3 Å². The fourth-order valence-corrected chi connectivity index (χ4v) is 5.29. The van der Waals surface area contributed by atoms with Crippen LogP contribution >= 0.6 is 11.3 Å². The van der Waals surface area contributed by atoms with Crippen LogP contribution < -0.4 is 10.2 Å². The SMILES string of the molecule is CC(=O)O[C@H]1[C@H](N(C(=O)N2CCNC2=O)c2scc3ccccc23)C(=O)N1S(=O)(=O)O.[NaH]. The van der Waals surface area contributed by atoms with Crippen LogP contribution in [-0.2, 0) is 24.6 Å². The number of hydrogen-bond donors (Lipinski definition) is 2. The number of ether oxygens (including phenoxy) is 1. The third-order valence-corrected chi connectivity index (χ3v) is 6.68. The zero-order valence-electron chi connectivity index (χ0n) is 15.9. The van der Waals surface area contributed by atoms with Crippen molar-refractivity contribution in [3.63, 3.8) is 0 Å². The van der Waals surface area contributed by atoms with E-state index >= 15 is 0 Å². The van der Waals surface area contributed by atoms with Gasteiger partial charge in [-0.05, 0) is 5.39 Å². The van der Waals surface area contributed by atoms with Crippen molar-refractivity contribution in [1.82, 2.24) is 14.5 Å². The fourth-order valence-electron chi connectivity index (χ4n) is 3.47. The second-order valence-corrected chi connectivity index (χ2v) is 8.87. The molecule has 1 aromatic heterocycles. The Labute approximate surface area is 208 Å². The van der Waals surface area contributed by atoms with Gasteiger partial charge in [0.15, 0.2) is 6.04 Å². The Morgan fingerprint density at radius 2 is 1.97 bits per heavy atom. The van der Waals surface area contributed by atoms with Crippen LogP contribution in [0.25, 0.3) is 10.8 Å². The molecule has 0 spiro atoms. The zero-order valence-corrected chi connectivity index (χ0v) is 17.6. The molecule has 2 aliphatic rings. The first-order chi connectivity index (χ1) is 14.6. The van der Waals surface area contributed by atoms with Gasteiger partial charge in [-0.25, -0.2) is 14.5 Å². The zero-order chi connectivity index (χ0) is 22.5. The average molecular weight is 492 g/mol. The van der Waals surface area contributed by atoms with Crippen LogP contribution in [0.15, 0.2) is 29.6 Å². The molecular weight excluding hydrogens is 475 g/mol. The Kier molecular flexibility index (Phi) is 6.83. The number of carbonyl (C=O) groups excluding carboxylic acids is 4. The number of amides is 5. The van der Waals surface area contributed by atoms with Crippen LogP contribution in [0.5, 0.6) is 0 Å². The number of anilines is 1. The van der Waals surface area contributed by atoms with E-state index in [0.29, 0.717) is 5.39 Å². The maximum absolute atomic E-state index is 13.3. The number of carbonyl (C=O) groups is 4. The van der Waals surface area contributed by atoms with E-state index in [4.69, 9.17) is 4.74 Å². The minimum atomic E-state index is -5.06. The molecule has 4 rings (SSSR count). The molecule has 2 N–H and O–H groups in total. The van der Waals surface area contributed by atoms with Crippen LogP contribution in [0, 0.1) is 0 Å². The first-order valence-electron chi connectivity index (χ1n) is 8.94. The first kappa shape index (κ1) is 24.4. The number of β-lactam (4-membered cyclic amide) rings is 1. The number of nitrogens with zero attached hydrogens (tertiary/aromatic N) is 3. The van der Waals surface area contributed by atoms with Crippen molar-refractivity contribution in [3.05, 3.63) is 29.6 Å². The molecule has 0 bridgehead atoms. The molecule has 2 saturated heterocycles. The van der Waals surface area contributed by atoms with E-state index in [-0.39, 0.29) is 52.0 Å². The van der Waals surface area contributed by atoms with E-state index in [9.17, 15) is 32.1 Å². The number of hydrogen-bond acceptors (Lipinski definition) is 8. The summed E-state index contributed by atoms with van der Waals surface area (Å²) in [6, 6.07) is 3.77. The molecule has 2 aromatic rings. The summed E-state index contributed by atoms with van der Waals surface area (Å²) in [6.45, 7) is 1.22. The Morgan fingerprint density at radius 3 is 2.56 bits per heavy atom. The predicted octanol–water partition coefficient (Wildman–Crippen LogP) is 0.107. The molecule has 3 heterocycles. The van der Waals surface area contributed by atoms with Crippen LogP contribution in [0.1, 0.15) is 6.92 Å². The van der Waals surface area contributed by atoms with Gasteiger partial charge in [0.05, 0.1) is 0 Å². The van der Waals surface area contributed by atoms with Gasteiger partial charge in [0.25, 0.3) is 5.91 Å². The molecule has 32 heavy (non-hydrogen) atoms. The molecule has 1 aromatic carbocycles. The Bertz CT molecular complexity index is 1220. The number of thiophene rings is 1. The monoisotopic (exact) mass is 492 g/mol. The van der Waals surface area contributed by atoms with E-state index in [2.05, 4.69) is 5.32 Å². The summed E-state index contributed by atoms with van der Waals surface area (Å²) < 4.78 is 37.6. The number of imide groups is 1. The third kappa shape index (κ3) is 4.09. The van der Waals surface area contributed by atoms with Gasteiger partial charge in [-0.15, -0.1) is 11.3 Å². The van der Waals surface area contributed by atoms with Gasteiger partial charge >= 0.3 is 57.9 Å². The minimum absolute atomic E-state index is 0. The van der Waals surface area contributed by atoms with Gasteiger partial charge < -0.3 is 10.1 Å². The number of rotatable bonds is 4. The topological polar surface area (TPSA) is 154 Å². The molecule has 2 atom stereocenters. The van der Waals surface area contributed by atoms with Crippen molar-refractivity contribution in [2.45, 2.75) is 19.2 Å². The molecule has 15 heteroatoms. The van der Waals surface area contributed by atoms with Crippen molar-refractivity contribution in [1.29, 1.82) is 0 Å². The normalized spacial score (nSPS) is 20.4. The van der Waals surface area contributed by atoms with Gasteiger partial charge in [0, 0.05) is 30.8 Å². The van der Waals surface area contributed by atoms with Gasteiger partial charge in [0.2, 0.25) is 6.23 Å². The number of fused-ring (bicyclic) bond motifs is 1. The van der Waals surface area contributed by atoms with Crippen molar-refractivity contribution < 1.29 is 36.9 Å². The van der Waals surface area contributed by atoms with Crippen LogP contribution in [0.2, 0.25) is 0 Å². The van der Waals surface area contributed by atoms with Gasteiger partial charge in [0.1, 0.15) is 5.00 Å². The number of nitrogens with one attached hydrogen (secondary N) is 1. The first-order valence-corrected chi connectivity index (χ1v) is 11.2. The van der Waals surface area contributed by atoms with Crippen LogP contribution in [-0.4, -0.2) is 101 Å². The standard InChI is InChI=1S/C17H16N4O8S2.Na.H/c1-9(22)29-14-12(13(23)21(14)31(26,27)28)20(17(25)19-7-6-18-16(19)24)15-11-5-3-2-4-10(11)8-30-15;;/h2-5,8,12,14H,6-7H2,1H3,(H,18,24)(H,26,27,28);;/t12-,14+;;/m1../s1. The summed E-state index contributed by atoms with van der Waals surface area (Å²) in [5.41, 5.74) is 0. The fraction of sp³-hybridized carbons (Fsp3) is 0.294. The summed E-state index contributed by atoms with van der Waals surface area (Å²) in [5.74, 6) is -2.11. The molecular formula is C17H17N4NaO8S2. The number of urea groups is 2. The summed E-state index contributed by atoms with van der Waals surface area (Å²) in [4.78, 5) is 51.6. The van der Waals surface area contributed by atoms with Crippen molar-refractivity contribution >= 4 is 90.9 Å². The quantitative estimate of drug-likeness (QED) is 0.264. The molecule has 0 radical (unpaired) electrons. The Morgan fingerprint density at radius 1 is 1.28 bits per heavy atom. The molecule has 2 fully saturated rings. The summed E-state index contributed by atoms with van der Waals surface area (Å²) >= 11 is 1.09.